The van der Waals surface area contributed by atoms with Gasteiger partial charge in [-0.05, 0) is 18.6 Å². The summed E-state index contributed by atoms with van der Waals surface area (Å²) in [5.74, 6) is -0.952. The van der Waals surface area contributed by atoms with Crippen LogP contribution in [0.1, 0.15) is 39.8 Å². The number of nitrogens with two attached hydrogens (primary N) is 1. The number of methoxy groups -OCH3 is 1. The lowest BCUT2D eigenvalue weighted by atomic mass is 10.1. The summed E-state index contributed by atoms with van der Waals surface area (Å²) in [4.78, 5) is 24.5. The third kappa shape index (κ3) is 3.08. The van der Waals surface area contributed by atoms with Crippen LogP contribution in [0.2, 0.25) is 0 Å². The van der Waals surface area contributed by atoms with Crippen molar-refractivity contribution in [1.82, 2.24) is 9.88 Å². The summed E-state index contributed by atoms with van der Waals surface area (Å²) in [7, 11) is 1.23. The van der Waals surface area contributed by atoms with Crippen molar-refractivity contribution >= 4 is 17.6 Å². The third-order valence-corrected chi connectivity index (χ3v) is 3.49. The van der Waals surface area contributed by atoms with Gasteiger partial charge in [-0.15, -0.1) is 0 Å². The number of para-hydroxylation sites is 1. The Hall–Kier alpha value is -3.27. The zero-order valence-electron chi connectivity index (χ0n) is 13.5. The molecule has 7 nitrogen and oxygen atoms in total. The first-order valence-corrected chi connectivity index (χ1v) is 7.42. The third-order valence-electron chi connectivity index (χ3n) is 3.49. The topological polar surface area (TPSA) is 110 Å². The quantitative estimate of drug-likeness (QED) is 0.815. The first-order valence-electron chi connectivity index (χ1n) is 7.42. The molecule has 0 aliphatic heterocycles. The minimum Gasteiger partial charge on any atom is -0.464 e. The van der Waals surface area contributed by atoms with Crippen LogP contribution in [0.3, 0.4) is 0 Å². The number of nitriles is 1. The van der Waals surface area contributed by atoms with Crippen molar-refractivity contribution in [3.05, 3.63) is 47.3 Å². The number of hydrogen-bond donors (Lipinski definition) is 2. The largest absolute Gasteiger partial charge is 0.464 e. The van der Waals surface area contributed by atoms with Gasteiger partial charge in [0.05, 0.1) is 29.6 Å². The Morgan fingerprint density at radius 3 is 2.71 bits per heavy atom. The van der Waals surface area contributed by atoms with Gasteiger partial charge in [-0.1, -0.05) is 19.1 Å². The number of esters is 1. The van der Waals surface area contributed by atoms with Crippen molar-refractivity contribution in [2.75, 3.05) is 19.4 Å². The highest BCUT2D eigenvalue weighted by atomic mass is 16.5. The summed E-state index contributed by atoms with van der Waals surface area (Å²) in [5.41, 5.74) is 6.88. The second-order valence-electron chi connectivity index (χ2n) is 5.05. The SMILES string of the molecule is CCCNC(=O)c1ccccc1-n1cc(C#N)c(N)c1C(=O)OC. The molecule has 0 spiro atoms. The maximum atomic E-state index is 12.4. The molecule has 1 heterocycles. The molecule has 0 saturated carbocycles. The van der Waals surface area contributed by atoms with Gasteiger partial charge in [0.1, 0.15) is 6.07 Å². The summed E-state index contributed by atoms with van der Waals surface area (Å²) < 4.78 is 6.17. The van der Waals surface area contributed by atoms with Crippen molar-refractivity contribution in [2.45, 2.75) is 13.3 Å². The van der Waals surface area contributed by atoms with Gasteiger partial charge in [-0.2, -0.15) is 5.26 Å². The molecule has 0 aliphatic rings. The molecule has 1 amide bonds. The molecule has 0 radical (unpaired) electrons. The van der Waals surface area contributed by atoms with Gasteiger partial charge in [-0.25, -0.2) is 4.79 Å². The average Bonchev–Trinajstić information content (AvgIpc) is 2.95. The van der Waals surface area contributed by atoms with Gasteiger partial charge in [0.25, 0.3) is 5.91 Å². The van der Waals surface area contributed by atoms with E-state index in [-0.39, 0.29) is 22.9 Å². The molecule has 1 aromatic carbocycles. The van der Waals surface area contributed by atoms with Gasteiger partial charge < -0.3 is 20.4 Å². The summed E-state index contributed by atoms with van der Waals surface area (Å²) >= 11 is 0. The molecule has 0 aliphatic carbocycles. The minimum atomic E-state index is -0.683. The number of anilines is 1. The van der Waals surface area contributed by atoms with E-state index in [1.807, 2.05) is 13.0 Å². The number of nitrogens with zero attached hydrogens (tertiary/aromatic N) is 2. The Kier molecular flexibility index (Phi) is 5.22. The summed E-state index contributed by atoms with van der Waals surface area (Å²) in [6.07, 6.45) is 2.23. The number of benzene rings is 1. The number of carbonyl (C=O) groups excluding carboxylic acids is 2. The number of amides is 1. The van der Waals surface area contributed by atoms with Crippen LogP contribution in [0.25, 0.3) is 5.69 Å². The van der Waals surface area contributed by atoms with Crippen molar-refractivity contribution in [3.8, 4) is 11.8 Å². The average molecular weight is 326 g/mol. The van der Waals surface area contributed by atoms with Crippen LogP contribution in [0, 0.1) is 11.3 Å². The van der Waals surface area contributed by atoms with Crippen molar-refractivity contribution in [3.63, 3.8) is 0 Å². The number of nitrogens with one attached hydrogen (secondary N) is 1. The smallest absolute Gasteiger partial charge is 0.357 e. The van der Waals surface area contributed by atoms with Gasteiger partial charge >= 0.3 is 5.97 Å². The zero-order chi connectivity index (χ0) is 17.7. The lowest BCUT2D eigenvalue weighted by Crippen LogP contribution is -2.25. The molecule has 0 saturated heterocycles. The van der Waals surface area contributed by atoms with Crippen LogP contribution < -0.4 is 11.1 Å². The summed E-state index contributed by atoms with van der Waals surface area (Å²) in [6.45, 7) is 2.49. The Morgan fingerprint density at radius 1 is 1.38 bits per heavy atom. The number of nitrogen functional groups attached to an aromatic ring is 1. The fourth-order valence-corrected chi connectivity index (χ4v) is 2.31. The summed E-state index contributed by atoms with van der Waals surface area (Å²) in [5, 5.41) is 12.0. The number of hydrogen-bond acceptors (Lipinski definition) is 5. The van der Waals surface area contributed by atoms with E-state index in [0.29, 0.717) is 17.8 Å². The highest BCUT2D eigenvalue weighted by molar-refractivity contribution is 6.00. The van der Waals surface area contributed by atoms with E-state index in [1.165, 1.54) is 17.9 Å². The van der Waals surface area contributed by atoms with Gasteiger partial charge in [0, 0.05) is 12.7 Å². The molecule has 0 fully saturated rings. The molecule has 0 atom stereocenters. The van der Waals surface area contributed by atoms with E-state index in [2.05, 4.69) is 5.32 Å². The zero-order valence-corrected chi connectivity index (χ0v) is 13.5. The first kappa shape index (κ1) is 17.1. The molecular weight excluding hydrogens is 308 g/mol. The van der Waals surface area contributed by atoms with Crippen LogP contribution in [-0.2, 0) is 4.74 Å². The second kappa shape index (κ2) is 7.33. The summed E-state index contributed by atoms with van der Waals surface area (Å²) in [6, 6.07) is 8.70. The first-order chi connectivity index (χ1) is 11.5. The van der Waals surface area contributed by atoms with Crippen LogP contribution >= 0.6 is 0 Å². The van der Waals surface area contributed by atoms with E-state index >= 15 is 0 Å². The molecule has 124 valence electrons. The number of ether oxygens (including phenoxy) is 1. The standard InChI is InChI=1S/C17H18N4O3/c1-3-8-20-16(22)12-6-4-5-7-13(12)21-10-11(9-18)14(19)15(21)17(23)24-2/h4-7,10H,3,8,19H2,1-2H3,(H,20,22). The molecule has 3 N–H and O–H groups in total. The number of rotatable bonds is 5. The van der Waals surface area contributed by atoms with Crippen molar-refractivity contribution < 1.29 is 14.3 Å². The lowest BCUT2D eigenvalue weighted by molar-refractivity contribution is 0.0592. The highest BCUT2D eigenvalue weighted by Crippen LogP contribution is 2.26. The highest BCUT2D eigenvalue weighted by Gasteiger charge is 2.24. The van der Waals surface area contributed by atoms with E-state index in [1.54, 1.807) is 24.3 Å². The van der Waals surface area contributed by atoms with E-state index in [9.17, 15) is 14.9 Å². The molecule has 0 bridgehead atoms. The predicted molar refractivity (Wildman–Crippen MR) is 88.9 cm³/mol. The molecule has 1 aromatic heterocycles. The Labute approximate surface area is 139 Å². The van der Waals surface area contributed by atoms with E-state index in [0.717, 1.165) is 6.42 Å². The molecule has 2 aromatic rings. The monoisotopic (exact) mass is 326 g/mol. The van der Waals surface area contributed by atoms with Crippen LogP contribution in [0.4, 0.5) is 5.69 Å². The second-order valence-corrected chi connectivity index (χ2v) is 5.05. The maximum absolute atomic E-state index is 12.4. The maximum Gasteiger partial charge on any atom is 0.357 e. The van der Waals surface area contributed by atoms with E-state index in [4.69, 9.17) is 10.5 Å². The molecule has 2 rings (SSSR count). The predicted octanol–water partition coefficient (Wildman–Crippen LogP) is 1.86. The van der Waals surface area contributed by atoms with Crippen LogP contribution in [0.15, 0.2) is 30.5 Å². The molecular formula is C17H18N4O3. The molecule has 0 unspecified atom stereocenters. The van der Waals surface area contributed by atoms with Gasteiger partial charge in [0.2, 0.25) is 0 Å². The fourth-order valence-electron chi connectivity index (χ4n) is 2.31. The van der Waals surface area contributed by atoms with Gasteiger partial charge in [-0.3, -0.25) is 4.79 Å². The Balaban J connectivity index is 2.63. The Bertz CT molecular complexity index is 818. The lowest BCUT2D eigenvalue weighted by Gasteiger charge is -2.13. The minimum absolute atomic E-state index is 0.0183. The van der Waals surface area contributed by atoms with Crippen LogP contribution in [-0.4, -0.2) is 30.1 Å². The molecule has 7 heteroatoms. The Morgan fingerprint density at radius 2 is 2.08 bits per heavy atom. The van der Waals surface area contributed by atoms with Gasteiger partial charge in [0.15, 0.2) is 5.69 Å². The fraction of sp³-hybridized carbons (Fsp3) is 0.235. The van der Waals surface area contributed by atoms with Crippen molar-refractivity contribution in [1.29, 1.82) is 5.26 Å². The number of aromatic nitrogens is 1. The normalized spacial score (nSPS) is 10.0. The van der Waals surface area contributed by atoms with Crippen molar-refractivity contribution in [2.24, 2.45) is 0 Å². The number of carbonyl (C=O) groups is 2. The molecule has 24 heavy (non-hydrogen) atoms. The van der Waals surface area contributed by atoms with Crippen LogP contribution in [0.5, 0.6) is 0 Å². The van der Waals surface area contributed by atoms with E-state index < -0.39 is 5.97 Å².